The summed E-state index contributed by atoms with van der Waals surface area (Å²) in [6, 6.07) is 2.60. The van der Waals surface area contributed by atoms with Crippen molar-refractivity contribution < 1.29 is 18.9 Å². The molecule has 5 nitrogen and oxygen atoms in total. The van der Waals surface area contributed by atoms with Crippen LogP contribution in [0.25, 0.3) is 0 Å². The molecule has 0 N–H and O–H groups in total. The highest BCUT2D eigenvalue weighted by Crippen LogP contribution is 2.54. The van der Waals surface area contributed by atoms with Gasteiger partial charge in [-0.15, -0.1) is 0 Å². The van der Waals surface area contributed by atoms with Crippen LogP contribution in [-0.4, -0.2) is 52.9 Å². The third-order valence-corrected chi connectivity index (χ3v) is 7.03. The van der Waals surface area contributed by atoms with Crippen LogP contribution >= 0.6 is 0 Å². The van der Waals surface area contributed by atoms with Gasteiger partial charge in [0.2, 0.25) is 0 Å². The topological polar surface area (TPSA) is 60.7 Å². The Kier molecular flexibility index (Phi) is 5.82. The predicted molar refractivity (Wildman–Crippen MR) is 89.3 cm³/mol. The Morgan fingerprint density at radius 1 is 0.625 bits per heavy atom. The number of methoxy groups -OCH3 is 4. The number of hydrogen-bond donors (Lipinski definition) is 0. The number of rotatable bonds is 4. The second kappa shape index (κ2) is 7.70. The first-order chi connectivity index (χ1) is 11.7. The molecule has 9 unspecified atom stereocenters. The van der Waals surface area contributed by atoms with Crippen LogP contribution < -0.4 is 0 Å². The molecule has 0 aromatic heterocycles. The zero-order valence-electron chi connectivity index (χ0n) is 15.3. The maximum Gasteiger partial charge on any atom is 0.0836 e. The molecule has 0 saturated heterocycles. The highest BCUT2D eigenvalue weighted by Gasteiger charge is 2.53. The molecule has 3 rings (SSSR count). The SMILES string of the molecule is COC1CC2CC(C#N)C3CC(OC)C(OC)CC3C2CC1OC. The summed E-state index contributed by atoms with van der Waals surface area (Å²) >= 11 is 0. The van der Waals surface area contributed by atoms with E-state index in [4.69, 9.17) is 18.9 Å². The smallest absolute Gasteiger partial charge is 0.0836 e. The third-order valence-electron chi connectivity index (χ3n) is 7.03. The van der Waals surface area contributed by atoms with Gasteiger partial charge in [0.25, 0.3) is 0 Å². The van der Waals surface area contributed by atoms with Crippen LogP contribution in [0.1, 0.15) is 32.1 Å². The Morgan fingerprint density at radius 3 is 1.58 bits per heavy atom. The van der Waals surface area contributed by atoms with E-state index in [9.17, 15) is 5.26 Å². The summed E-state index contributed by atoms with van der Waals surface area (Å²) in [6.45, 7) is 0. The molecule has 0 aromatic carbocycles. The van der Waals surface area contributed by atoms with Gasteiger partial charge >= 0.3 is 0 Å². The first-order valence-electron chi connectivity index (χ1n) is 9.17. The molecule has 3 saturated carbocycles. The van der Waals surface area contributed by atoms with E-state index in [1.165, 1.54) is 0 Å². The minimum atomic E-state index is 0.109. The maximum atomic E-state index is 9.75. The van der Waals surface area contributed by atoms with Crippen LogP contribution in [0, 0.1) is 40.9 Å². The van der Waals surface area contributed by atoms with Gasteiger partial charge in [-0.05, 0) is 55.8 Å². The van der Waals surface area contributed by atoms with E-state index < -0.39 is 0 Å². The number of nitrogens with zero attached hydrogens (tertiary/aromatic N) is 1. The molecule has 24 heavy (non-hydrogen) atoms. The molecular formula is C19H31NO4. The minimum absolute atomic E-state index is 0.109. The van der Waals surface area contributed by atoms with E-state index in [-0.39, 0.29) is 30.3 Å². The number of nitriles is 1. The van der Waals surface area contributed by atoms with Gasteiger partial charge in [-0.1, -0.05) is 0 Å². The summed E-state index contributed by atoms with van der Waals surface area (Å²) in [5, 5.41) is 9.75. The first kappa shape index (κ1) is 18.1. The van der Waals surface area contributed by atoms with Gasteiger partial charge in [-0.3, -0.25) is 0 Å². The predicted octanol–water partition coefficient (Wildman–Crippen LogP) is 2.64. The van der Waals surface area contributed by atoms with Crippen molar-refractivity contribution in [2.75, 3.05) is 28.4 Å². The Balaban J connectivity index is 1.84. The molecule has 5 heteroatoms. The molecule has 9 atom stereocenters. The Bertz CT molecular complexity index is 465. The van der Waals surface area contributed by atoms with Crippen molar-refractivity contribution in [1.29, 1.82) is 5.26 Å². The van der Waals surface area contributed by atoms with E-state index in [1.807, 2.05) is 0 Å². The monoisotopic (exact) mass is 337 g/mol. The molecule has 0 spiro atoms. The minimum Gasteiger partial charge on any atom is -0.379 e. The lowest BCUT2D eigenvalue weighted by Crippen LogP contribution is -2.54. The van der Waals surface area contributed by atoms with Gasteiger partial charge in [0.15, 0.2) is 0 Å². The van der Waals surface area contributed by atoms with Crippen LogP contribution in [0.2, 0.25) is 0 Å². The van der Waals surface area contributed by atoms with Gasteiger partial charge < -0.3 is 18.9 Å². The molecule has 136 valence electrons. The van der Waals surface area contributed by atoms with Crippen molar-refractivity contribution in [3.8, 4) is 6.07 Å². The maximum absolute atomic E-state index is 9.75. The average molecular weight is 337 g/mol. The Morgan fingerprint density at radius 2 is 1.08 bits per heavy atom. The van der Waals surface area contributed by atoms with Gasteiger partial charge in [-0.2, -0.15) is 5.26 Å². The van der Waals surface area contributed by atoms with E-state index in [1.54, 1.807) is 28.4 Å². The Hall–Kier alpha value is -0.670. The van der Waals surface area contributed by atoms with E-state index >= 15 is 0 Å². The second-order valence-corrected chi connectivity index (χ2v) is 7.76. The van der Waals surface area contributed by atoms with Crippen molar-refractivity contribution in [2.45, 2.75) is 56.5 Å². The molecule has 0 heterocycles. The lowest BCUT2D eigenvalue weighted by molar-refractivity contribution is -0.153. The first-order valence-corrected chi connectivity index (χ1v) is 9.17. The van der Waals surface area contributed by atoms with Crippen LogP contribution in [0.4, 0.5) is 0 Å². The fourth-order valence-corrected chi connectivity index (χ4v) is 5.82. The van der Waals surface area contributed by atoms with E-state index in [0.29, 0.717) is 23.7 Å². The number of hydrogen-bond acceptors (Lipinski definition) is 5. The van der Waals surface area contributed by atoms with Crippen LogP contribution in [0.5, 0.6) is 0 Å². The van der Waals surface area contributed by atoms with Crippen LogP contribution in [0.3, 0.4) is 0 Å². The average Bonchev–Trinajstić information content (AvgIpc) is 2.64. The van der Waals surface area contributed by atoms with Crippen LogP contribution in [-0.2, 0) is 18.9 Å². The largest absolute Gasteiger partial charge is 0.379 e. The lowest BCUT2D eigenvalue weighted by atomic mass is 9.53. The third kappa shape index (κ3) is 3.10. The van der Waals surface area contributed by atoms with Crippen molar-refractivity contribution in [3.63, 3.8) is 0 Å². The van der Waals surface area contributed by atoms with Crippen molar-refractivity contribution in [2.24, 2.45) is 29.6 Å². The molecule has 3 aliphatic rings. The van der Waals surface area contributed by atoms with Gasteiger partial charge in [-0.25, -0.2) is 0 Å². The quantitative estimate of drug-likeness (QED) is 0.789. The molecule has 0 amide bonds. The van der Waals surface area contributed by atoms with Gasteiger partial charge in [0.05, 0.1) is 30.5 Å². The van der Waals surface area contributed by atoms with Crippen molar-refractivity contribution in [1.82, 2.24) is 0 Å². The molecular weight excluding hydrogens is 306 g/mol. The fraction of sp³-hybridized carbons (Fsp3) is 0.947. The molecule has 0 aromatic rings. The van der Waals surface area contributed by atoms with E-state index in [0.717, 1.165) is 32.1 Å². The molecule has 3 fully saturated rings. The van der Waals surface area contributed by atoms with Crippen molar-refractivity contribution in [3.05, 3.63) is 0 Å². The molecule has 0 bridgehead atoms. The van der Waals surface area contributed by atoms with Gasteiger partial charge in [0.1, 0.15) is 0 Å². The summed E-state index contributed by atoms with van der Waals surface area (Å²) in [5.74, 6) is 2.24. The van der Waals surface area contributed by atoms with E-state index in [2.05, 4.69) is 6.07 Å². The molecule has 0 radical (unpaired) electrons. The zero-order chi connectivity index (χ0) is 17.3. The lowest BCUT2D eigenvalue weighted by Gasteiger charge is -2.54. The summed E-state index contributed by atoms with van der Waals surface area (Å²) in [6.07, 6.45) is 5.52. The summed E-state index contributed by atoms with van der Waals surface area (Å²) in [4.78, 5) is 0. The highest BCUT2D eigenvalue weighted by molar-refractivity contribution is 5.06. The highest BCUT2D eigenvalue weighted by atomic mass is 16.5. The zero-order valence-corrected chi connectivity index (χ0v) is 15.3. The Labute approximate surface area is 145 Å². The standard InChI is InChI=1S/C19H31NO4/c1-21-16-6-11-5-12(10-20)14-8-18(23-3)19(24-4)9-15(14)13(11)7-17(16)22-2/h11-19H,5-9H2,1-4H3. The van der Waals surface area contributed by atoms with Crippen LogP contribution in [0.15, 0.2) is 0 Å². The second-order valence-electron chi connectivity index (χ2n) is 7.76. The molecule has 3 aliphatic carbocycles. The molecule has 0 aliphatic heterocycles. The summed E-state index contributed by atoms with van der Waals surface area (Å²) in [5.41, 5.74) is 0. The summed E-state index contributed by atoms with van der Waals surface area (Å²) < 4.78 is 22.8. The fourth-order valence-electron chi connectivity index (χ4n) is 5.82. The summed E-state index contributed by atoms with van der Waals surface area (Å²) in [7, 11) is 7.10. The van der Waals surface area contributed by atoms with Gasteiger partial charge in [0, 0.05) is 34.4 Å². The number of fused-ring (bicyclic) bond motifs is 3. The number of ether oxygens (including phenoxy) is 4. The normalized spacial score (nSPS) is 48.2. The van der Waals surface area contributed by atoms with Crippen molar-refractivity contribution >= 4 is 0 Å².